The van der Waals surface area contributed by atoms with Crippen LogP contribution in [0.3, 0.4) is 0 Å². The van der Waals surface area contributed by atoms with Gasteiger partial charge in [-0.2, -0.15) is 8.42 Å². The predicted octanol–water partition coefficient (Wildman–Crippen LogP) is 1.90. The molecule has 0 unspecified atom stereocenters. The van der Waals surface area contributed by atoms with E-state index in [2.05, 4.69) is 5.32 Å². The lowest BCUT2D eigenvalue weighted by atomic mass is 10.2. The Morgan fingerprint density at radius 3 is 1.73 bits per heavy atom. The van der Waals surface area contributed by atoms with Crippen molar-refractivity contribution in [2.75, 3.05) is 0 Å². The van der Waals surface area contributed by atoms with Crippen LogP contribution >= 0.6 is 0 Å². The molecule has 0 fully saturated rings. The molecule has 0 spiro atoms. The third-order valence-corrected chi connectivity index (χ3v) is 3.23. The fraction of sp³-hybridized carbons (Fsp3) is 0.0667. The van der Waals surface area contributed by atoms with Crippen molar-refractivity contribution in [3.8, 4) is 0 Å². The Labute approximate surface area is 128 Å². The van der Waals surface area contributed by atoms with Crippen molar-refractivity contribution in [3.05, 3.63) is 66.2 Å². The second-order valence-electron chi connectivity index (χ2n) is 4.16. The van der Waals surface area contributed by atoms with Crippen molar-refractivity contribution in [3.63, 3.8) is 0 Å². The van der Waals surface area contributed by atoms with E-state index >= 15 is 0 Å². The highest BCUT2D eigenvalue weighted by atomic mass is 32.2. The number of rotatable bonds is 2. The van der Waals surface area contributed by atoms with Crippen LogP contribution in [0.25, 0.3) is 0 Å². The first-order valence-electron chi connectivity index (χ1n) is 6.20. The molecular formula is C15H15NO5S. The minimum absolute atomic E-state index is 0.0741. The van der Waals surface area contributed by atoms with E-state index < -0.39 is 10.1 Å². The van der Waals surface area contributed by atoms with Crippen LogP contribution in [0.5, 0.6) is 0 Å². The normalized spacial score (nSPS) is 10.1. The SMILES string of the molecule is CC(=O)NC(=O)c1ccccc1.O=S(=O)(O)c1ccccc1. The van der Waals surface area contributed by atoms with Crippen LogP contribution in [0.2, 0.25) is 0 Å². The third-order valence-electron chi connectivity index (χ3n) is 2.37. The zero-order chi connectivity index (χ0) is 16.6. The van der Waals surface area contributed by atoms with E-state index in [-0.39, 0.29) is 16.7 Å². The molecule has 2 aromatic carbocycles. The minimum atomic E-state index is -4.00. The van der Waals surface area contributed by atoms with Crippen LogP contribution < -0.4 is 5.32 Å². The lowest BCUT2D eigenvalue weighted by Crippen LogP contribution is -2.27. The summed E-state index contributed by atoms with van der Waals surface area (Å²) in [4.78, 5) is 21.5. The standard InChI is InChI=1S/C9H9NO2.C6H6O3S/c1-7(11)10-9(12)8-5-3-2-4-6-8;7-10(8,9)6-4-2-1-3-5-6/h2-6H,1H3,(H,10,11,12);1-5H,(H,7,8,9). The Hall–Kier alpha value is -2.51. The van der Waals surface area contributed by atoms with E-state index in [9.17, 15) is 18.0 Å². The van der Waals surface area contributed by atoms with Crippen molar-refractivity contribution in [2.24, 2.45) is 0 Å². The van der Waals surface area contributed by atoms with Gasteiger partial charge in [0.05, 0.1) is 4.90 Å². The van der Waals surface area contributed by atoms with Gasteiger partial charge in [0.2, 0.25) is 5.91 Å². The molecule has 0 radical (unpaired) electrons. The topological polar surface area (TPSA) is 101 Å². The van der Waals surface area contributed by atoms with E-state index in [1.165, 1.54) is 19.1 Å². The van der Waals surface area contributed by atoms with Crippen molar-refractivity contribution in [1.82, 2.24) is 5.32 Å². The summed E-state index contributed by atoms with van der Waals surface area (Å²) in [5.41, 5.74) is 0.493. The molecule has 6 nitrogen and oxygen atoms in total. The molecule has 2 amide bonds. The number of amides is 2. The smallest absolute Gasteiger partial charge is 0.293 e. The summed E-state index contributed by atoms with van der Waals surface area (Å²) in [5, 5.41) is 2.18. The number of hydrogen-bond acceptors (Lipinski definition) is 4. The molecule has 2 N–H and O–H groups in total. The van der Waals surface area contributed by atoms with Crippen LogP contribution in [-0.4, -0.2) is 24.8 Å². The summed E-state index contributed by atoms with van der Waals surface area (Å²) < 4.78 is 29.2. The van der Waals surface area contributed by atoms with Crippen LogP contribution in [0.4, 0.5) is 0 Å². The Balaban J connectivity index is 0.000000224. The summed E-state index contributed by atoms with van der Waals surface area (Å²) in [6.45, 7) is 1.31. The van der Waals surface area contributed by atoms with Gasteiger partial charge in [0.1, 0.15) is 0 Å². The van der Waals surface area contributed by atoms with Gasteiger partial charge in [-0.3, -0.25) is 19.5 Å². The van der Waals surface area contributed by atoms with Crippen LogP contribution in [0, 0.1) is 0 Å². The zero-order valence-corrected chi connectivity index (χ0v) is 12.6. The quantitative estimate of drug-likeness (QED) is 0.823. The molecule has 2 aromatic rings. The highest BCUT2D eigenvalue weighted by molar-refractivity contribution is 7.85. The Morgan fingerprint density at radius 1 is 0.909 bits per heavy atom. The molecule has 0 saturated carbocycles. The third kappa shape index (κ3) is 6.29. The van der Waals surface area contributed by atoms with Gasteiger partial charge >= 0.3 is 0 Å². The van der Waals surface area contributed by atoms with Crippen molar-refractivity contribution in [2.45, 2.75) is 11.8 Å². The molecule has 116 valence electrons. The highest BCUT2D eigenvalue weighted by Gasteiger charge is 2.06. The first kappa shape index (κ1) is 17.5. The fourth-order valence-corrected chi connectivity index (χ4v) is 1.92. The molecule has 2 rings (SSSR count). The molecule has 0 aliphatic carbocycles. The molecule has 0 aliphatic rings. The van der Waals surface area contributed by atoms with Gasteiger partial charge in [-0.15, -0.1) is 0 Å². The van der Waals surface area contributed by atoms with Crippen molar-refractivity contribution < 1.29 is 22.6 Å². The number of carbonyl (C=O) groups is 2. The molecule has 0 saturated heterocycles. The summed E-state index contributed by atoms with van der Waals surface area (Å²) >= 11 is 0. The maximum absolute atomic E-state index is 11.1. The van der Waals surface area contributed by atoms with E-state index in [0.29, 0.717) is 5.56 Å². The highest BCUT2D eigenvalue weighted by Crippen LogP contribution is 2.05. The monoisotopic (exact) mass is 321 g/mol. The first-order valence-corrected chi connectivity index (χ1v) is 7.64. The Bertz CT molecular complexity index is 727. The number of imide groups is 1. The van der Waals surface area contributed by atoms with E-state index in [0.717, 1.165) is 0 Å². The number of carbonyl (C=O) groups excluding carboxylic acids is 2. The molecule has 0 bridgehead atoms. The van der Waals surface area contributed by atoms with Gasteiger partial charge in [-0.05, 0) is 24.3 Å². The Kier molecular flexibility index (Phi) is 6.43. The average Bonchev–Trinajstić information content (AvgIpc) is 2.48. The van der Waals surface area contributed by atoms with Crippen molar-refractivity contribution >= 4 is 21.9 Å². The van der Waals surface area contributed by atoms with Gasteiger partial charge in [0.25, 0.3) is 16.0 Å². The lowest BCUT2D eigenvalue weighted by Gasteiger charge is -1.98. The van der Waals surface area contributed by atoms with Gasteiger partial charge in [-0.1, -0.05) is 36.4 Å². The maximum Gasteiger partial charge on any atom is 0.294 e. The van der Waals surface area contributed by atoms with Crippen LogP contribution in [0.15, 0.2) is 65.6 Å². The molecular weight excluding hydrogens is 306 g/mol. The average molecular weight is 321 g/mol. The number of nitrogens with one attached hydrogen (secondary N) is 1. The summed E-state index contributed by atoms with van der Waals surface area (Å²) in [7, 11) is -4.00. The molecule has 0 heterocycles. The zero-order valence-electron chi connectivity index (χ0n) is 11.8. The van der Waals surface area contributed by atoms with Gasteiger partial charge < -0.3 is 0 Å². The fourth-order valence-electron chi connectivity index (χ4n) is 1.41. The van der Waals surface area contributed by atoms with Crippen LogP contribution in [0.1, 0.15) is 17.3 Å². The van der Waals surface area contributed by atoms with Gasteiger partial charge in [0, 0.05) is 12.5 Å². The van der Waals surface area contributed by atoms with E-state index in [4.69, 9.17) is 4.55 Å². The molecule has 22 heavy (non-hydrogen) atoms. The van der Waals surface area contributed by atoms with E-state index in [1.807, 2.05) is 6.07 Å². The second kappa shape index (κ2) is 8.06. The molecule has 0 aliphatic heterocycles. The molecule has 0 aromatic heterocycles. The molecule has 7 heteroatoms. The maximum atomic E-state index is 11.1. The number of hydrogen-bond donors (Lipinski definition) is 2. The van der Waals surface area contributed by atoms with E-state index in [1.54, 1.807) is 42.5 Å². The second-order valence-corrected chi connectivity index (χ2v) is 5.59. The summed E-state index contributed by atoms with van der Waals surface area (Å²) in [5.74, 6) is -0.702. The number of benzene rings is 2. The minimum Gasteiger partial charge on any atom is -0.293 e. The summed E-state index contributed by atoms with van der Waals surface area (Å²) in [6, 6.07) is 16.0. The predicted molar refractivity (Wildman–Crippen MR) is 80.8 cm³/mol. The van der Waals surface area contributed by atoms with Crippen LogP contribution in [-0.2, 0) is 14.9 Å². The van der Waals surface area contributed by atoms with Gasteiger partial charge in [-0.25, -0.2) is 0 Å². The first-order chi connectivity index (χ1) is 10.3. The largest absolute Gasteiger partial charge is 0.294 e. The Morgan fingerprint density at radius 2 is 1.36 bits per heavy atom. The summed E-state index contributed by atoms with van der Waals surface area (Å²) in [6.07, 6.45) is 0. The van der Waals surface area contributed by atoms with Crippen molar-refractivity contribution in [1.29, 1.82) is 0 Å². The molecule has 0 atom stereocenters. The lowest BCUT2D eigenvalue weighted by molar-refractivity contribution is -0.118. The van der Waals surface area contributed by atoms with Gasteiger partial charge in [0.15, 0.2) is 0 Å².